The van der Waals surface area contributed by atoms with Crippen molar-refractivity contribution >= 4 is 12.4 Å². The predicted molar refractivity (Wildman–Crippen MR) is 160 cm³/mol. The maximum absolute atomic E-state index is 10.9. The Morgan fingerprint density at radius 1 is 0.622 bits per heavy atom. The number of phenolic OH excluding ortho intramolecular Hbond substituents is 2. The molecule has 4 nitrogen and oxygen atoms in total. The summed E-state index contributed by atoms with van der Waals surface area (Å²) in [5, 5.41) is 21.8. The fourth-order valence-corrected chi connectivity index (χ4v) is 4.41. The van der Waals surface area contributed by atoms with Crippen LogP contribution < -0.4 is 0 Å². The first kappa shape index (κ1) is 30.6. The Labute approximate surface area is 226 Å². The van der Waals surface area contributed by atoms with Crippen molar-refractivity contribution in [1.82, 2.24) is 0 Å². The molecule has 0 aromatic heterocycles. The summed E-state index contributed by atoms with van der Waals surface area (Å²) in [4.78, 5) is 9.19. The standard InChI is InChI=1S/C33H50N2O2/c1-9-11-14-24-18-26(30(36)28(20-24)32(3,4)5)22-34-16-13-17-35-23-27-19-25(15-12-10-2)21-29(31(27)37)33(6,7)8/h18-23,36-37H,9-17H2,1-8H3. The van der Waals surface area contributed by atoms with Crippen molar-refractivity contribution in [3.8, 4) is 11.5 Å². The van der Waals surface area contributed by atoms with Crippen LogP contribution >= 0.6 is 0 Å². The predicted octanol–water partition coefficient (Wildman–Crippen LogP) is 8.31. The summed E-state index contributed by atoms with van der Waals surface area (Å²) in [5.41, 5.74) is 5.80. The maximum Gasteiger partial charge on any atom is 0.128 e. The molecule has 204 valence electrons. The molecule has 0 spiro atoms. The average molecular weight is 507 g/mol. The molecule has 0 saturated carbocycles. The van der Waals surface area contributed by atoms with Crippen LogP contribution in [-0.4, -0.2) is 35.7 Å². The summed E-state index contributed by atoms with van der Waals surface area (Å²) in [6, 6.07) is 8.44. The van der Waals surface area contributed by atoms with Gasteiger partial charge in [-0.05, 0) is 66.2 Å². The smallest absolute Gasteiger partial charge is 0.128 e. The van der Waals surface area contributed by atoms with Gasteiger partial charge in [-0.25, -0.2) is 0 Å². The second-order valence-electron chi connectivity index (χ2n) is 12.3. The van der Waals surface area contributed by atoms with Gasteiger partial charge in [-0.15, -0.1) is 0 Å². The van der Waals surface area contributed by atoms with Crippen LogP contribution in [0.25, 0.3) is 0 Å². The molecule has 2 aromatic carbocycles. The van der Waals surface area contributed by atoms with E-state index in [1.54, 1.807) is 0 Å². The zero-order valence-corrected chi connectivity index (χ0v) is 24.6. The van der Waals surface area contributed by atoms with Crippen LogP contribution in [0.3, 0.4) is 0 Å². The number of aromatic hydroxyl groups is 2. The monoisotopic (exact) mass is 506 g/mol. The zero-order valence-electron chi connectivity index (χ0n) is 24.6. The van der Waals surface area contributed by atoms with Gasteiger partial charge < -0.3 is 10.2 Å². The summed E-state index contributed by atoms with van der Waals surface area (Å²) in [6.07, 6.45) is 11.0. The lowest BCUT2D eigenvalue weighted by molar-refractivity contribution is 0.444. The molecule has 0 saturated heterocycles. The third-order valence-electron chi connectivity index (χ3n) is 6.69. The zero-order chi connectivity index (χ0) is 27.6. The summed E-state index contributed by atoms with van der Waals surface area (Å²) in [7, 11) is 0. The third kappa shape index (κ3) is 9.32. The fourth-order valence-electron chi connectivity index (χ4n) is 4.41. The highest BCUT2D eigenvalue weighted by Crippen LogP contribution is 2.35. The molecular weight excluding hydrogens is 456 g/mol. The molecule has 0 aliphatic carbocycles. The minimum atomic E-state index is -0.129. The van der Waals surface area contributed by atoms with E-state index in [0.29, 0.717) is 24.6 Å². The molecule has 0 heterocycles. The van der Waals surface area contributed by atoms with E-state index < -0.39 is 0 Å². The molecule has 2 N–H and O–H groups in total. The van der Waals surface area contributed by atoms with Crippen LogP contribution in [0.1, 0.15) is 121 Å². The van der Waals surface area contributed by atoms with Crippen LogP contribution in [0.4, 0.5) is 0 Å². The highest BCUT2D eigenvalue weighted by Gasteiger charge is 2.22. The van der Waals surface area contributed by atoms with Crippen LogP contribution in [-0.2, 0) is 23.7 Å². The largest absolute Gasteiger partial charge is 0.507 e. The van der Waals surface area contributed by atoms with Gasteiger partial charge >= 0.3 is 0 Å². The van der Waals surface area contributed by atoms with Crippen molar-refractivity contribution in [3.63, 3.8) is 0 Å². The van der Waals surface area contributed by atoms with E-state index >= 15 is 0 Å². The average Bonchev–Trinajstić information content (AvgIpc) is 2.81. The Morgan fingerprint density at radius 2 is 1.00 bits per heavy atom. The molecule has 0 aliphatic heterocycles. The van der Waals surface area contributed by atoms with Crippen molar-refractivity contribution in [2.24, 2.45) is 9.98 Å². The first-order valence-corrected chi connectivity index (χ1v) is 14.1. The molecule has 0 bridgehead atoms. The van der Waals surface area contributed by atoms with Crippen molar-refractivity contribution in [1.29, 1.82) is 0 Å². The molecule has 2 rings (SSSR count). The van der Waals surface area contributed by atoms with E-state index in [1.165, 1.54) is 11.1 Å². The number of benzene rings is 2. The lowest BCUT2D eigenvalue weighted by Crippen LogP contribution is -2.13. The molecule has 0 fully saturated rings. The van der Waals surface area contributed by atoms with Gasteiger partial charge in [-0.1, -0.05) is 80.4 Å². The normalized spacial score (nSPS) is 12.8. The summed E-state index contributed by atoms with van der Waals surface area (Å²) >= 11 is 0. The Balaban J connectivity index is 2.08. The van der Waals surface area contributed by atoms with Crippen molar-refractivity contribution in [2.45, 2.75) is 111 Å². The minimum Gasteiger partial charge on any atom is -0.507 e. The second kappa shape index (κ2) is 13.8. The number of phenols is 2. The van der Waals surface area contributed by atoms with Gasteiger partial charge in [0, 0.05) is 47.8 Å². The molecule has 0 atom stereocenters. The lowest BCUT2D eigenvalue weighted by atomic mass is 9.83. The van der Waals surface area contributed by atoms with E-state index in [4.69, 9.17) is 0 Å². The minimum absolute atomic E-state index is 0.129. The number of unbranched alkanes of at least 4 members (excludes halogenated alkanes) is 2. The highest BCUT2D eigenvalue weighted by atomic mass is 16.3. The van der Waals surface area contributed by atoms with Crippen LogP contribution in [0.5, 0.6) is 11.5 Å². The summed E-state index contributed by atoms with van der Waals surface area (Å²) < 4.78 is 0. The Bertz CT molecular complexity index is 984. The highest BCUT2D eigenvalue weighted by molar-refractivity contribution is 5.85. The molecule has 0 aliphatic rings. The number of nitrogens with zero attached hydrogens (tertiary/aromatic N) is 2. The molecule has 2 aromatic rings. The number of hydrogen-bond acceptors (Lipinski definition) is 4. The van der Waals surface area contributed by atoms with Gasteiger partial charge in [-0.3, -0.25) is 9.98 Å². The molecule has 37 heavy (non-hydrogen) atoms. The Hall–Kier alpha value is -2.62. The first-order valence-electron chi connectivity index (χ1n) is 14.1. The quantitative estimate of drug-likeness (QED) is 0.224. The number of rotatable bonds is 12. The molecule has 0 unspecified atom stereocenters. The Morgan fingerprint density at radius 3 is 1.32 bits per heavy atom. The van der Waals surface area contributed by atoms with Crippen molar-refractivity contribution in [2.75, 3.05) is 13.1 Å². The Kier molecular flexibility index (Phi) is 11.4. The fraction of sp³-hybridized carbons (Fsp3) is 0.576. The third-order valence-corrected chi connectivity index (χ3v) is 6.69. The molecule has 4 heteroatoms. The van der Waals surface area contributed by atoms with Crippen LogP contribution in [0.15, 0.2) is 34.3 Å². The number of aryl methyl sites for hydroxylation is 2. The summed E-state index contributed by atoms with van der Waals surface area (Å²) in [6.45, 7) is 18.5. The molecule has 0 radical (unpaired) electrons. The van der Waals surface area contributed by atoms with E-state index in [2.05, 4.69) is 89.6 Å². The van der Waals surface area contributed by atoms with Gasteiger partial charge in [0.25, 0.3) is 0 Å². The van der Waals surface area contributed by atoms with E-state index in [-0.39, 0.29) is 10.8 Å². The topological polar surface area (TPSA) is 65.2 Å². The van der Waals surface area contributed by atoms with Gasteiger partial charge in [0.15, 0.2) is 0 Å². The van der Waals surface area contributed by atoms with Crippen molar-refractivity contribution < 1.29 is 10.2 Å². The van der Waals surface area contributed by atoms with Gasteiger partial charge in [0.1, 0.15) is 11.5 Å². The molecular formula is C33H50N2O2. The second-order valence-corrected chi connectivity index (χ2v) is 12.3. The van der Waals surface area contributed by atoms with E-state index in [9.17, 15) is 10.2 Å². The van der Waals surface area contributed by atoms with E-state index in [1.807, 2.05) is 12.4 Å². The SMILES string of the molecule is CCCCc1cc(C=NCCCN=Cc2cc(CCCC)cc(C(C)(C)C)c2O)c(O)c(C(C)(C)C)c1. The first-order chi connectivity index (χ1) is 17.4. The molecule has 0 amide bonds. The van der Waals surface area contributed by atoms with Crippen molar-refractivity contribution in [3.05, 3.63) is 57.6 Å². The maximum atomic E-state index is 10.9. The van der Waals surface area contributed by atoms with Crippen LogP contribution in [0, 0.1) is 0 Å². The van der Waals surface area contributed by atoms with Crippen LogP contribution in [0.2, 0.25) is 0 Å². The van der Waals surface area contributed by atoms with Gasteiger partial charge in [0.2, 0.25) is 0 Å². The van der Waals surface area contributed by atoms with E-state index in [0.717, 1.165) is 67.2 Å². The summed E-state index contributed by atoms with van der Waals surface area (Å²) in [5.74, 6) is 0.671. The number of aliphatic imine (C=N–C) groups is 2. The lowest BCUT2D eigenvalue weighted by Gasteiger charge is -2.22. The van der Waals surface area contributed by atoms with Gasteiger partial charge in [-0.2, -0.15) is 0 Å². The number of hydrogen-bond donors (Lipinski definition) is 2. The van der Waals surface area contributed by atoms with Gasteiger partial charge in [0.05, 0.1) is 0 Å².